The number of morpholine rings is 1. The SMILES string of the molecule is CCOc1cc(N2CCOCC2)c(OCC)cc1NC(=O)c1cc(C)ccc1OC. The van der Waals surface area contributed by atoms with E-state index in [1.54, 1.807) is 19.2 Å². The molecule has 7 nitrogen and oxygen atoms in total. The van der Waals surface area contributed by atoms with E-state index in [4.69, 9.17) is 18.9 Å². The third-order valence-corrected chi connectivity index (χ3v) is 4.86. The third kappa shape index (κ3) is 4.97. The highest BCUT2D eigenvalue weighted by atomic mass is 16.5. The number of hydrogen-bond donors (Lipinski definition) is 1. The fraction of sp³-hybridized carbons (Fsp3) is 0.435. The molecule has 3 rings (SSSR count). The van der Waals surface area contributed by atoms with Crippen LogP contribution in [0, 0.1) is 6.92 Å². The Morgan fingerprint density at radius 2 is 1.73 bits per heavy atom. The van der Waals surface area contributed by atoms with E-state index in [9.17, 15) is 4.79 Å². The monoisotopic (exact) mass is 414 g/mol. The molecule has 0 aliphatic carbocycles. The highest BCUT2D eigenvalue weighted by Crippen LogP contribution is 2.39. The third-order valence-electron chi connectivity index (χ3n) is 4.86. The standard InChI is InChI=1S/C23H30N2O5/c1-5-29-21-15-19(25-9-11-28-12-10-25)22(30-6-2)14-18(21)24-23(26)17-13-16(3)7-8-20(17)27-4/h7-8,13-15H,5-6,9-12H2,1-4H3,(H,24,26). The maximum absolute atomic E-state index is 13.0. The van der Waals surface area contributed by atoms with Gasteiger partial charge in [-0.3, -0.25) is 4.79 Å². The van der Waals surface area contributed by atoms with Gasteiger partial charge in [0.25, 0.3) is 5.91 Å². The van der Waals surface area contributed by atoms with Gasteiger partial charge in [0.2, 0.25) is 0 Å². The van der Waals surface area contributed by atoms with Crippen LogP contribution in [0.2, 0.25) is 0 Å². The van der Waals surface area contributed by atoms with Crippen LogP contribution in [0.5, 0.6) is 17.2 Å². The number of anilines is 2. The molecule has 162 valence electrons. The maximum Gasteiger partial charge on any atom is 0.259 e. The Balaban J connectivity index is 1.97. The van der Waals surface area contributed by atoms with Crippen molar-refractivity contribution in [3.63, 3.8) is 0 Å². The Kier molecular flexibility index (Phi) is 7.41. The van der Waals surface area contributed by atoms with Gasteiger partial charge in [-0.05, 0) is 32.9 Å². The second kappa shape index (κ2) is 10.2. The first-order valence-corrected chi connectivity index (χ1v) is 10.3. The summed E-state index contributed by atoms with van der Waals surface area (Å²) in [5.74, 6) is 1.56. The number of ether oxygens (including phenoxy) is 4. The molecule has 0 spiro atoms. The smallest absolute Gasteiger partial charge is 0.259 e. The number of amides is 1. The molecule has 1 heterocycles. The number of rotatable bonds is 8. The number of aryl methyl sites for hydroxylation is 1. The largest absolute Gasteiger partial charge is 0.496 e. The van der Waals surface area contributed by atoms with Crippen LogP contribution in [0.25, 0.3) is 0 Å². The van der Waals surface area contributed by atoms with Crippen molar-refractivity contribution < 1.29 is 23.7 Å². The molecule has 2 aromatic carbocycles. The normalized spacial score (nSPS) is 13.7. The van der Waals surface area contributed by atoms with Crippen LogP contribution in [0.3, 0.4) is 0 Å². The minimum Gasteiger partial charge on any atom is -0.496 e. The summed E-state index contributed by atoms with van der Waals surface area (Å²) in [4.78, 5) is 15.3. The average Bonchev–Trinajstić information content (AvgIpc) is 2.76. The van der Waals surface area contributed by atoms with Gasteiger partial charge >= 0.3 is 0 Å². The molecular weight excluding hydrogens is 384 g/mol. The quantitative estimate of drug-likeness (QED) is 0.707. The zero-order chi connectivity index (χ0) is 21.5. The number of carbonyl (C=O) groups is 1. The summed E-state index contributed by atoms with van der Waals surface area (Å²) < 4.78 is 22.6. The molecule has 0 aromatic heterocycles. The molecule has 0 unspecified atom stereocenters. The lowest BCUT2D eigenvalue weighted by Crippen LogP contribution is -2.36. The molecule has 1 saturated heterocycles. The lowest BCUT2D eigenvalue weighted by molar-refractivity contribution is 0.102. The molecular formula is C23H30N2O5. The van der Waals surface area contributed by atoms with E-state index < -0.39 is 0 Å². The summed E-state index contributed by atoms with van der Waals surface area (Å²) in [6.07, 6.45) is 0. The average molecular weight is 415 g/mol. The van der Waals surface area contributed by atoms with Crippen LogP contribution in [0.1, 0.15) is 29.8 Å². The Bertz CT molecular complexity index is 878. The van der Waals surface area contributed by atoms with Crippen molar-refractivity contribution in [2.24, 2.45) is 0 Å². The first kappa shape index (κ1) is 21.8. The molecule has 7 heteroatoms. The van der Waals surface area contributed by atoms with Crippen molar-refractivity contribution in [2.75, 3.05) is 56.8 Å². The Morgan fingerprint density at radius 1 is 1.03 bits per heavy atom. The summed E-state index contributed by atoms with van der Waals surface area (Å²) >= 11 is 0. The Hall–Kier alpha value is -2.93. The van der Waals surface area contributed by atoms with Gasteiger partial charge in [-0.1, -0.05) is 11.6 Å². The van der Waals surface area contributed by atoms with Gasteiger partial charge in [-0.2, -0.15) is 0 Å². The van der Waals surface area contributed by atoms with Gasteiger partial charge in [0.1, 0.15) is 17.2 Å². The number of methoxy groups -OCH3 is 1. The van der Waals surface area contributed by atoms with E-state index in [1.807, 2.05) is 39.0 Å². The summed E-state index contributed by atoms with van der Waals surface area (Å²) in [6.45, 7) is 9.68. The molecule has 0 radical (unpaired) electrons. The molecule has 1 fully saturated rings. The minimum atomic E-state index is -0.266. The highest BCUT2D eigenvalue weighted by Gasteiger charge is 2.21. The molecule has 30 heavy (non-hydrogen) atoms. The zero-order valence-corrected chi connectivity index (χ0v) is 18.1. The van der Waals surface area contributed by atoms with Gasteiger partial charge in [-0.15, -0.1) is 0 Å². The van der Waals surface area contributed by atoms with Crippen molar-refractivity contribution >= 4 is 17.3 Å². The molecule has 0 bridgehead atoms. The Labute approximate surface area is 177 Å². The van der Waals surface area contributed by atoms with Crippen LogP contribution >= 0.6 is 0 Å². The molecule has 1 N–H and O–H groups in total. The van der Waals surface area contributed by atoms with Gasteiger partial charge in [0.15, 0.2) is 0 Å². The van der Waals surface area contributed by atoms with Gasteiger partial charge in [0, 0.05) is 25.2 Å². The molecule has 1 amide bonds. The van der Waals surface area contributed by atoms with Crippen molar-refractivity contribution in [3.8, 4) is 17.2 Å². The number of nitrogens with zero attached hydrogens (tertiary/aromatic N) is 1. The molecule has 0 atom stereocenters. The van der Waals surface area contributed by atoms with Crippen LogP contribution in [-0.4, -0.2) is 52.5 Å². The Morgan fingerprint density at radius 3 is 2.40 bits per heavy atom. The predicted molar refractivity (Wildman–Crippen MR) is 117 cm³/mol. The summed E-state index contributed by atoms with van der Waals surface area (Å²) in [5.41, 5.74) is 2.94. The van der Waals surface area contributed by atoms with E-state index in [0.717, 1.165) is 24.3 Å². The van der Waals surface area contributed by atoms with Gasteiger partial charge in [-0.25, -0.2) is 0 Å². The van der Waals surface area contributed by atoms with E-state index >= 15 is 0 Å². The topological polar surface area (TPSA) is 69.3 Å². The summed E-state index contributed by atoms with van der Waals surface area (Å²) in [5, 5.41) is 2.98. The number of hydrogen-bond acceptors (Lipinski definition) is 6. The fourth-order valence-electron chi connectivity index (χ4n) is 3.43. The van der Waals surface area contributed by atoms with Crippen molar-refractivity contribution in [2.45, 2.75) is 20.8 Å². The second-order valence-electron chi connectivity index (χ2n) is 6.94. The van der Waals surface area contributed by atoms with Crippen LogP contribution in [-0.2, 0) is 4.74 Å². The van der Waals surface area contributed by atoms with Crippen LogP contribution in [0.4, 0.5) is 11.4 Å². The van der Waals surface area contributed by atoms with Crippen LogP contribution in [0.15, 0.2) is 30.3 Å². The van der Waals surface area contributed by atoms with E-state index in [2.05, 4.69) is 10.2 Å². The van der Waals surface area contributed by atoms with E-state index in [-0.39, 0.29) is 5.91 Å². The number of nitrogens with one attached hydrogen (secondary N) is 1. The van der Waals surface area contributed by atoms with Crippen molar-refractivity contribution in [3.05, 3.63) is 41.5 Å². The zero-order valence-electron chi connectivity index (χ0n) is 18.1. The first-order valence-electron chi connectivity index (χ1n) is 10.3. The fourth-order valence-corrected chi connectivity index (χ4v) is 3.43. The summed E-state index contributed by atoms with van der Waals surface area (Å²) in [7, 11) is 1.55. The molecule has 2 aromatic rings. The molecule has 1 aliphatic rings. The van der Waals surface area contributed by atoms with Crippen molar-refractivity contribution in [1.82, 2.24) is 0 Å². The lowest BCUT2D eigenvalue weighted by Gasteiger charge is -2.31. The summed E-state index contributed by atoms with van der Waals surface area (Å²) in [6, 6.07) is 9.27. The predicted octanol–water partition coefficient (Wildman–Crippen LogP) is 3.89. The number of carbonyl (C=O) groups excluding carboxylic acids is 1. The van der Waals surface area contributed by atoms with Crippen LogP contribution < -0.4 is 24.4 Å². The lowest BCUT2D eigenvalue weighted by atomic mass is 10.1. The van der Waals surface area contributed by atoms with Gasteiger partial charge < -0.3 is 29.2 Å². The molecule has 0 saturated carbocycles. The minimum absolute atomic E-state index is 0.266. The highest BCUT2D eigenvalue weighted by molar-refractivity contribution is 6.07. The van der Waals surface area contributed by atoms with Crippen molar-refractivity contribution in [1.29, 1.82) is 0 Å². The first-order chi connectivity index (χ1) is 14.6. The molecule has 1 aliphatic heterocycles. The van der Waals surface area contributed by atoms with E-state index in [0.29, 0.717) is 54.9 Å². The van der Waals surface area contributed by atoms with E-state index in [1.165, 1.54) is 0 Å². The number of benzene rings is 2. The maximum atomic E-state index is 13.0. The van der Waals surface area contributed by atoms with Gasteiger partial charge in [0.05, 0.1) is 50.5 Å². The second-order valence-corrected chi connectivity index (χ2v) is 6.94.